The number of likely N-dealkylation sites (N-methyl/N-ethyl adjacent to an activating group) is 1. The monoisotopic (exact) mass is 186 g/mol. The number of amides is 1. The number of nitrogens with one attached hydrogen (secondary N) is 1. The van der Waals surface area contributed by atoms with Crippen LogP contribution >= 0.6 is 0 Å². The maximum atomic E-state index is 11.1. The van der Waals surface area contributed by atoms with Crippen molar-refractivity contribution in [3.8, 4) is 0 Å². The van der Waals surface area contributed by atoms with Gasteiger partial charge in [-0.3, -0.25) is 9.69 Å². The average Bonchev–Trinajstić information content (AvgIpc) is 2.11. The summed E-state index contributed by atoms with van der Waals surface area (Å²) in [5.41, 5.74) is 0. The van der Waals surface area contributed by atoms with E-state index in [1.54, 1.807) is 7.05 Å². The normalized spacial score (nSPS) is 30.1. The number of carbonyl (C=O) groups is 1. The van der Waals surface area contributed by atoms with E-state index in [4.69, 9.17) is 4.74 Å². The topological polar surface area (TPSA) is 41.6 Å². The van der Waals surface area contributed by atoms with Gasteiger partial charge in [-0.1, -0.05) is 0 Å². The van der Waals surface area contributed by atoms with E-state index < -0.39 is 0 Å². The predicted octanol–water partition coefficient (Wildman–Crippen LogP) is -0.158. The minimum atomic E-state index is 0.0703. The lowest BCUT2D eigenvalue weighted by atomic mass is 10.2. The molecule has 1 fully saturated rings. The third-order valence-electron chi connectivity index (χ3n) is 2.36. The van der Waals surface area contributed by atoms with Gasteiger partial charge in [-0.2, -0.15) is 0 Å². The Morgan fingerprint density at radius 3 is 2.92 bits per heavy atom. The SMILES string of the molecule is CNC(=O)CN1CC(C)OCC1C. The summed E-state index contributed by atoms with van der Waals surface area (Å²) in [5.74, 6) is 0.0703. The zero-order chi connectivity index (χ0) is 9.84. The van der Waals surface area contributed by atoms with E-state index in [0.29, 0.717) is 12.6 Å². The van der Waals surface area contributed by atoms with Crippen molar-refractivity contribution in [2.75, 3.05) is 26.7 Å². The Hall–Kier alpha value is -0.610. The molecule has 1 aliphatic heterocycles. The number of hydrogen-bond donors (Lipinski definition) is 1. The van der Waals surface area contributed by atoms with E-state index in [2.05, 4.69) is 17.1 Å². The van der Waals surface area contributed by atoms with Gasteiger partial charge in [0.05, 0.1) is 19.3 Å². The van der Waals surface area contributed by atoms with Crippen LogP contribution in [0.4, 0.5) is 0 Å². The molecule has 1 N–H and O–H groups in total. The van der Waals surface area contributed by atoms with Crippen LogP contribution in [-0.4, -0.2) is 49.7 Å². The summed E-state index contributed by atoms with van der Waals surface area (Å²) in [6.07, 6.45) is 0.237. The van der Waals surface area contributed by atoms with Crippen LogP contribution in [-0.2, 0) is 9.53 Å². The van der Waals surface area contributed by atoms with E-state index in [1.165, 1.54) is 0 Å². The van der Waals surface area contributed by atoms with Gasteiger partial charge >= 0.3 is 0 Å². The van der Waals surface area contributed by atoms with Gasteiger partial charge < -0.3 is 10.1 Å². The summed E-state index contributed by atoms with van der Waals surface area (Å²) in [5, 5.41) is 2.63. The van der Waals surface area contributed by atoms with Gasteiger partial charge in [-0.25, -0.2) is 0 Å². The Kier molecular flexibility index (Phi) is 3.69. The number of carbonyl (C=O) groups excluding carboxylic acids is 1. The minimum Gasteiger partial charge on any atom is -0.376 e. The highest BCUT2D eigenvalue weighted by Crippen LogP contribution is 2.10. The highest BCUT2D eigenvalue weighted by Gasteiger charge is 2.24. The molecule has 4 heteroatoms. The van der Waals surface area contributed by atoms with Gasteiger partial charge in [0.1, 0.15) is 0 Å². The summed E-state index contributed by atoms with van der Waals surface area (Å²) in [6.45, 7) is 6.15. The zero-order valence-corrected chi connectivity index (χ0v) is 8.54. The fourth-order valence-electron chi connectivity index (χ4n) is 1.46. The van der Waals surface area contributed by atoms with E-state index >= 15 is 0 Å². The van der Waals surface area contributed by atoms with Gasteiger partial charge in [-0.15, -0.1) is 0 Å². The molecule has 0 aromatic heterocycles. The standard InChI is InChI=1S/C9H18N2O2/c1-7-6-13-8(2)4-11(7)5-9(12)10-3/h7-8H,4-6H2,1-3H3,(H,10,12). The van der Waals surface area contributed by atoms with Crippen LogP contribution in [0.2, 0.25) is 0 Å². The van der Waals surface area contributed by atoms with Crippen LogP contribution < -0.4 is 5.32 Å². The molecule has 1 saturated heterocycles. The highest BCUT2D eigenvalue weighted by molar-refractivity contribution is 5.77. The number of hydrogen-bond acceptors (Lipinski definition) is 3. The van der Waals surface area contributed by atoms with Gasteiger partial charge in [-0.05, 0) is 13.8 Å². The first-order chi connectivity index (χ1) is 6.13. The molecule has 13 heavy (non-hydrogen) atoms. The molecule has 0 spiro atoms. The van der Waals surface area contributed by atoms with Gasteiger partial charge in [0.15, 0.2) is 0 Å². The highest BCUT2D eigenvalue weighted by atomic mass is 16.5. The van der Waals surface area contributed by atoms with Crippen molar-refractivity contribution in [3.63, 3.8) is 0 Å². The van der Waals surface area contributed by atoms with Crippen molar-refractivity contribution in [2.24, 2.45) is 0 Å². The molecular formula is C9H18N2O2. The van der Waals surface area contributed by atoms with Crippen molar-refractivity contribution in [3.05, 3.63) is 0 Å². The lowest BCUT2D eigenvalue weighted by Gasteiger charge is -2.36. The smallest absolute Gasteiger partial charge is 0.233 e. The average molecular weight is 186 g/mol. The predicted molar refractivity (Wildman–Crippen MR) is 50.5 cm³/mol. The first-order valence-electron chi connectivity index (χ1n) is 4.69. The molecule has 0 aromatic carbocycles. The maximum absolute atomic E-state index is 11.1. The van der Waals surface area contributed by atoms with Crippen molar-refractivity contribution in [1.82, 2.24) is 10.2 Å². The fourth-order valence-corrected chi connectivity index (χ4v) is 1.46. The van der Waals surface area contributed by atoms with Gasteiger partial charge in [0.2, 0.25) is 5.91 Å². The van der Waals surface area contributed by atoms with Crippen molar-refractivity contribution in [2.45, 2.75) is 26.0 Å². The van der Waals surface area contributed by atoms with Crippen LogP contribution in [0.15, 0.2) is 0 Å². The molecule has 0 aromatic rings. The van der Waals surface area contributed by atoms with Crippen LogP contribution in [0.5, 0.6) is 0 Å². The van der Waals surface area contributed by atoms with Crippen LogP contribution in [0.3, 0.4) is 0 Å². The molecule has 0 bridgehead atoms. The third kappa shape index (κ3) is 2.97. The molecule has 2 atom stereocenters. The number of morpholine rings is 1. The second kappa shape index (κ2) is 4.58. The summed E-state index contributed by atoms with van der Waals surface area (Å²) in [7, 11) is 1.66. The lowest BCUT2D eigenvalue weighted by molar-refractivity contribution is -0.125. The Morgan fingerprint density at radius 1 is 1.62 bits per heavy atom. The molecule has 2 unspecified atom stereocenters. The van der Waals surface area contributed by atoms with Crippen LogP contribution in [0, 0.1) is 0 Å². The summed E-state index contributed by atoms with van der Waals surface area (Å²) in [6, 6.07) is 0.341. The maximum Gasteiger partial charge on any atom is 0.233 e. The molecule has 1 amide bonds. The largest absolute Gasteiger partial charge is 0.376 e. The summed E-state index contributed by atoms with van der Waals surface area (Å²) in [4.78, 5) is 13.3. The van der Waals surface area contributed by atoms with E-state index in [9.17, 15) is 4.79 Å². The molecular weight excluding hydrogens is 168 g/mol. The molecule has 1 aliphatic rings. The molecule has 76 valence electrons. The third-order valence-corrected chi connectivity index (χ3v) is 2.36. The molecule has 1 heterocycles. The number of ether oxygens (including phenoxy) is 1. The molecule has 0 saturated carbocycles. The second-order valence-corrected chi connectivity index (χ2v) is 3.60. The Labute approximate surface area is 79.2 Å². The minimum absolute atomic E-state index is 0.0703. The number of nitrogens with zero attached hydrogens (tertiary/aromatic N) is 1. The Morgan fingerprint density at radius 2 is 2.31 bits per heavy atom. The molecule has 1 rings (SSSR count). The van der Waals surface area contributed by atoms with Gasteiger partial charge in [0, 0.05) is 19.6 Å². The van der Waals surface area contributed by atoms with E-state index in [0.717, 1.165) is 13.2 Å². The Bertz CT molecular complexity index is 184. The molecule has 0 radical (unpaired) electrons. The summed E-state index contributed by atoms with van der Waals surface area (Å²) < 4.78 is 5.46. The summed E-state index contributed by atoms with van der Waals surface area (Å²) >= 11 is 0. The quantitative estimate of drug-likeness (QED) is 0.651. The lowest BCUT2D eigenvalue weighted by Crippen LogP contribution is -2.50. The molecule has 4 nitrogen and oxygen atoms in total. The van der Waals surface area contributed by atoms with E-state index in [-0.39, 0.29) is 12.0 Å². The van der Waals surface area contributed by atoms with E-state index in [1.807, 2.05) is 6.92 Å². The van der Waals surface area contributed by atoms with Crippen molar-refractivity contribution < 1.29 is 9.53 Å². The van der Waals surface area contributed by atoms with Crippen molar-refractivity contribution in [1.29, 1.82) is 0 Å². The van der Waals surface area contributed by atoms with Crippen LogP contribution in [0.1, 0.15) is 13.8 Å². The second-order valence-electron chi connectivity index (χ2n) is 3.60. The number of rotatable bonds is 2. The first-order valence-corrected chi connectivity index (χ1v) is 4.69. The Balaban J connectivity index is 2.41. The van der Waals surface area contributed by atoms with Crippen LogP contribution in [0.25, 0.3) is 0 Å². The zero-order valence-electron chi connectivity index (χ0n) is 8.54. The fraction of sp³-hybridized carbons (Fsp3) is 0.889. The molecule has 0 aliphatic carbocycles. The van der Waals surface area contributed by atoms with Gasteiger partial charge in [0.25, 0.3) is 0 Å². The first kappa shape index (κ1) is 10.5. The van der Waals surface area contributed by atoms with Crippen molar-refractivity contribution >= 4 is 5.91 Å².